The Bertz CT molecular complexity index is 859. The van der Waals surface area contributed by atoms with Gasteiger partial charge in [0.15, 0.2) is 5.78 Å². The van der Waals surface area contributed by atoms with Gasteiger partial charge in [-0.05, 0) is 12.1 Å². The molecule has 0 amide bonds. The average Bonchev–Trinajstić information content (AvgIpc) is 2.68. The molecule has 0 radical (unpaired) electrons. The Morgan fingerprint density at radius 3 is 2.08 bits per heavy atom. The molecule has 1 aromatic heterocycles. The third-order valence-corrected chi connectivity index (χ3v) is 3.45. The van der Waals surface area contributed by atoms with Crippen LogP contribution in [-0.4, -0.2) is 30.0 Å². The standard InChI is InChI=1S/C19H16N2O4/c1-23-16-12-17(24-2)21-19(20-16)25-15-11-7-6-10-14(15)18(22)13-8-4-3-5-9-13/h3-12H,1-2H3. The van der Waals surface area contributed by atoms with Crippen LogP contribution in [0.4, 0.5) is 0 Å². The summed E-state index contributed by atoms with van der Waals surface area (Å²) in [4.78, 5) is 21.0. The van der Waals surface area contributed by atoms with Crippen molar-refractivity contribution in [3.63, 3.8) is 0 Å². The number of hydrogen-bond donors (Lipinski definition) is 0. The van der Waals surface area contributed by atoms with E-state index in [1.807, 2.05) is 18.2 Å². The molecule has 0 atom stereocenters. The number of carbonyl (C=O) groups is 1. The number of carbonyl (C=O) groups excluding carboxylic acids is 1. The zero-order valence-corrected chi connectivity index (χ0v) is 13.8. The molecule has 0 aliphatic carbocycles. The third kappa shape index (κ3) is 3.74. The Morgan fingerprint density at radius 2 is 1.44 bits per heavy atom. The molecule has 2 aromatic carbocycles. The van der Waals surface area contributed by atoms with Crippen molar-refractivity contribution in [2.45, 2.75) is 0 Å². The van der Waals surface area contributed by atoms with Crippen LogP contribution in [0, 0.1) is 0 Å². The number of benzene rings is 2. The summed E-state index contributed by atoms with van der Waals surface area (Å²) >= 11 is 0. The van der Waals surface area contributed by atoms with Gasteiger partial charge in [0.25, 0.3) is 0 Å². The molecule has 6 nitrogen and oxygen atoms in total. The molecule has 0 saturated carbocycles. The van der Waals surface area contributed by atoms with Crippen molar-refractivity contribution in [3.8, 4) is 23.5 Å². The summed E-state index contributed by atoms with van der Waals surface area (Å²) in [6.45, 7) is 0. The van der Waals surface area contributed by atoms with Gasteiger partial charge in [-0.25, -0.2) is 0 Å². The van der Waals surface area contributed by atoms with Crippen molar-refractivity contribution >= 4 is 5.78 Å². The van der Waals surface area contributed by atoms with E-state index in [0.717, 1.165) is 0 Å². The number of ether oxygens (including phenoxy) is 3. The van der Waals surface area contributed by atoms with E-state index >= 15 is 0 Å². The van der Waals surface area contributed by atoms with Crippen molar-refractivity contribution in [3.05, 3.63) is 71.8 Å². The predicted octanol–water partition coefficient (Wildman–Crippen LogP) is 3.52. The van der Waals surface area contributed by atoms with Crippen LogP contribution >= 0.6 is 0 Å². The summed E-state index contributed by atoms with van der Waals surface area (Å²) in [5.41, 5.74) is 0.988. The van der Waals surface area contributed by atoms with Gasteiger partial charge in [-0.2, -0.15) is 9.97 Å². The average molecular weight is 336 g/mol. The molecule has 6 heteroatoms. The summed E-state index contributed by atoms with van der Waals surface area (Å²) < 4.78 is 15.9. The summed E-state index contributed by atoms with van der Waals surface area (Å²) in [6, 6.07) is 17.5. The van der Waals surface area contributed by atoms with Gasteiger partial charge >= 0.3 is 6.01 Å². The zero-order chi connectivity index (χ0) is 17.6. The van der Waals surface area contributed by atoms with Gasteiger partial charge in [-0.15, -0.1) is 0 Å². The number of methoxy groups -OCH3 is 2. The maximum Gasteiger partial charge on any atom is 0.328 e. The highest BCUT2D eigenvalue weighted by molar-refractivity contribution is 6.10. The maximum absolute atomic E-state index is 12.7. The number of nitrogens with zero attached hydrogens (tertiary/aromatic N) is 2. The molecule has 3 aromatic rings. The molecule has 0 aliphatic rings. The van der Waals surface area contributed by atoms with E-state index in [1.54, 1.807) is 36.4 Å². The van der Waals surface area contributed by atoms with Crippen LogP contribution in [-0.2, 0) is 0 Å². The van der Waals surface area contributed by atoms with Gasteiger partial charge in [0, 0.05) is 5.56 Å². The zero-order valence-electron chi connectivity index (χ0n) is 13.8. The molecule has 0 spiro atoms. The van der Waals surface area contributed by atoms with Gasteiger partial charge in [0.05, 0.1) is 25.8 Å². The van der Waals surface area contributed by atoms with Crippen molar-refractivity contribution < 1.29 is 19.0 Å². The van der Waals surface area contributed by atoms with Crippen LogP contribution in [0.2, 0.25) is 0 Å². The molecule has 126 valence electrons. The minimum atomic E-state index is -0.147. The summed E-state index contributed by atoms with van der Waals surface area (Å²) in [5, 5.41) is 0. The van der Waals surface area contributed by atoms with E-state index in [4.69, 9.17) is 14.2 Å². The highest BCUT2D eigenvalue weighted by atomic mass is 16.5. The minimum absolute atomic E-state index is 0.0320. The lowest BCUT2D eigenvalue weighted by molar-refractivity contribution is 0.103. The highest BCUT2D eigenvalue weighted by Gasteiger charge is 2.16. The predicted molar refractivity (Wildman–Crippen MR) is 91.5 cm³/mol. The van der Waals surface area contributed by atoms with Crippen LogP contribution < -0.4 is 14.2 Å². The first kappa shape index (κ1) is 16.4. The molecular weight excluding hydrogens is 320 g/mol. The van der Waals surface area contributed by atoms with E-state index in [2.05, 4.69) is 9.97 Å². The van der Waals surface area contributed by atoms with Crippen LogP contribution in [0.1, 0.15) is 15.9 Å². The molecule has 25 heavy (non-hydrogen) atoms. The topological polar surface area (TPSA) is 70.5 Å². The van der Waals surface area contributed by atoms with Crippen LogP contribution in [0.3, 0.4) is 0 Å². The van der Waals surface area contributed by atoms with E-state index in [9.17, 15) is 4.79 Å². The molecule has 0 bridgehead atoms. The molecule has 0 saturated heterocycles. The SMILES string of the molecule is COc1cc(OC)nc(Oc2ccccc2C(=O)c2ccccc2)n1. The Morgan fingerprint density at radius 1 is 0.840 bits per heavy atom. The Hall–Kier alpha value is -3.41. The minimum Gasteiger partial charge on any atom is -0.481 e. The van der Waals surface area contributed by atoms with Gasteiger partial charge in [0.1, 0.15) is 5.75 Å². The molecule has 0 unspecified atom stereocenters. The molecule has 3 rings (SSSR count). The van der Waals surface area contributed by atoms with Crippen LogP contribution in [0.25, 0.3) is 0 Å². The number of para-hydroxylation sites is 1. The molecule has 1 heterocycles. The number of hydrogen-bond acceptors (Lipinski definition) is 6. The number of ketones is 1. The molecular formula is C19H16N2O4. The lowest BCUT2D eigenvalue weighted by Crippen LogP contribution is -2.05. The first-order chi connectivity index (χ1) is 12.2. The summed E-state index contributed by atoms with van der Waals surface area (Å²) in [5.74, 6) is 0.806. The number of rotatable bonds is 6. The van der Waals surface area contributed by atoms with Crippen molar-refractivity contribution in [2.24, 2.45) is 0 Å². The second kappa shape index (κ2) is 7.44. The van der Waals surface area contributed by atoms with Gasteiger partial charge in [-0.3, -0.25) is 4.79 Å². The number of aromatic nitrogens is 2. The van der Waals surface area contributed by atoms with Crippen LogP contribution in [0.5, 0.6) is 23.5 Å². The van der Waals surface area contributed by atoms with Crippen molar-refractivity contribution in [2.75, 3.05) is 14.2 Å². The fourth-order valence-corrected chi connectivity index (χ4v) is 2.23. The summed E-state index contributed by atoms with van der Waals surface area (Å²) in [6.07, 6.45) is 0. The second-order valence-corrected chi connectivity index (χ2v) is 5.03. The fraction of sp³-hybridized carbons (Fsp3) is 0.105. The fourth-order valence-electron chi connectivity index (χ4n) is 2.23. The highest BCUT2D eigenvalue weighted by Crippen LogP contribution is 2.27. The lowest BCUT2D eigenvalue weighted by Gasteiger charge is -2.10. The first-order valence-electron chi connectivity index (χ1n) is 7.55. The monoisotopic (exact) mass is 336 g/mol. The normalized spacial score (nSPS) is 10.2. The Labute approximate surface area is 145 Å². The van der Waals surface area contributed by atoms with Crippen molar-refractivity contribution in [1.29, 1.82) is 0 Å². The second-order valence-electron chi connectivity index (χ2n) is 5.03. The molecule has 0 N–H and O–H groups in total. The lowest BCUT2D eigenvalue weighted by atomic mass is 10.0. The summed E-state index contributed by atoms with van der Waals surface area (Å²) in [7, 11) is 2.97. The Balaban J connectivity index is 1.96. The van der Waals surface area contributed by atoms with Gasteiger partial charge in [0.2, 0.25) is 11.8 Å². The largest absolute Gasteiger partial charge is 0.481 e. The van der Waals surface area contributed by atoms with Gasteiger partial charge in [-0.1, -0.05) is 42.5 Å². The quantitative estimate of drug-likeness (QED) is 0.642. The smallest absolute Gasteiger partial charge is 0.328 e. The first-order valence-corrected chi connectivity index (χ1v) is 7.55. The van der Waals surface area contributed by atoms with Crippen molar-refractivity contribution in [1.82, 2.24) is 9.97 Å². The molecule has 0 fully saturated rings. The maximum atomic E-state index is 12.7. The third-order valence-electron chi connectivity index (χ3n) is 3.45. The van der Waals surface area contributed by atoms with Crippen LogP contribution in [0.15, 0.2) is 60.7 Å². The van der Waals surface area contributed by atoms with E-state index in [0.29, 0.717) is 28.6 Å². The van der Waals surface area contributed by atoms with E-state index in [1.165, 1.54) is 20.3 Å². The molecule has 0 aliphatic heterocycles. The Kier molecular flexibility index (Phi) is 4.89. The van der Waals surface area contributed by atoms with Gasteiger partial charge < -0.3 is 14.2 Å². The van der Waals surface area contributed by atoms with E-state index in [-0.39, 0.29) is 11.8 Å². The van der Waals surface area contributed by atoms with E-state index < -0.39 is 0 Å².